The molecule has 1 aromatic carbocycles. The lowest BCUT2D eigenvalue weighted by atomic mass is 10.2. The van der Waals surface area contributed by atoms with Crippen LogP contribution in [0.3, 0.4) is 0 Å². The van der Waals surface area contributed by atoms with E-state index in [0.717, 1.165) is 5.52 Å². The van der Waals surface area contributed by atoms with Crippen LogP contribution in [0.2, 0.25) is 0 Å². The molecular weight excluding hydrogens is 192 g/mol. The second-order valence-electron chi connectivity index (χ2n) is 3.64. The minimum atomic E-state index is -0.393. The van der Waals surface area contributed by atoms with Crippen molar-refractivity contribution in [2.24, 2.45) is 0 Å². The molecule has 2 aromatic rings. The third kappa shape index (κ3) is 1.42. The first-order valence-corrected chi connectivity index (χ1v) is 4.69. The van der Waals surface area contributed by atoms with Crippen LogP contribution in [0, 0.1) is 11.3 Å². The minimum absolute atomic E-state index is 0.0862. The second-order valence-corrected chi connectivity index (χ2v) is 3.64. The van der Waals surface area contributed by atoms with Gasteiger partial charge in [-0.1, -0.05) is 0 Å². The predicted molar refractivity (Wildman–Crippen MR) is 55.6 cm³/mol. The molecule has 4 nitrogen and oxygen atoms in total. The highest BCUT2D eigenvalue weighted by Gasteiger charge is 2.11. The standard InChI is InChI=1S/C11H10N2O2/c1-7(2)13-10-4-3-8(6-12)5-9(10)11(14)15-13/h3-5,7H,1-2H3. The van der Waals surface area contributed by atoms with E-state index in [1.807, 2.05) is 19.9 Å². The Hall–Kier alpha value is -2.02. The molecule has 4 heteroatoms. The van der Waals surface area contributed by atoms with E-state index in [-0.39, 0.29) is 6.04 Å². The van der Waals surface area contributed by atoms with Gasteiger partial charge in [-0.15, -0.1) is 0 Å². The van der Waals surface area contributed by atoms with Crippen LogP contribution in [0.4, 0.5) is 0 Å². The maximum Gasteiger partial charge on any atom is 0.365 e. The van der Waals surface area contributed by atoms with Crippen LogP contribution >= 0.6 is 0 Å². The van der Waals surface area contributed by atoms with Crippen molar-refractivity contribution in [2.45, 2.75) is 19.9 Å². The van der Waals surface area contributed by atoms with Crippen LogP contribution in [0.25, 0.3) is 10.9 Å². The number of hydrogen-bond donors (Lipinski definition) is 0. The van der Waals surface area contributed by atoms with Crippen molar-refractivity contribution in [3.63, 3.8) is 0 Å². The first-order valence-electron chi connectivity index (χ1n) is 4.69. The molecule has 2 rings (SSSR count). The van der Waals surface area contributed by atoms with Crippen molar-refractivity contribution >= 4 is 10.9 Å². The molecule has 0 aliphatic carbocycles. The summed E-state index contributed by atoms with van der Waals surface area (Å²) in [4.78, 5) is 11.5. The van der Waals surface area contributed by atoms with E-state index >= 15 is 0 Å². The molecule has 0 aliphatic rings. The third-order valence-corrected chi connectivity index (χ3v) is 2.23. The Labute approximate surface area is 86.3 Å². The average Bonchev–Trinajstić information content (AvgIpc) is 2.56. The summed E-state index contributed by atoms with van der Waals surface area (Å²) in [6.45, 7) is 3.86. The van der Waals surface area contributed by atoms with Crippen LogP contribution in [0.5, 0.6) is 0 Å². The molecule has 0 spiro atoms. The van der Waals surface area contributed by atoms with Gasteiger partial charge in [-0.2, -0.15) is 5.26 Å². The Kier molecular flexibility index (Phi) is 2.09. The van der Waals surface area contributed by atoms with E-state index in [9.17, 15) is 4.79 Å². The molecule has 0 fully saturated rings. The van der Waals surface area contributed by atoms with E-state index < -0.39 is 5.63 Å². The van der Waals surface area contributed by atoms with Crippen molar-refractivity contribution < 1.29 is 4.52 Å². The van der Waals surface area contributed by atoms with Crippen molar-refractivity contribution in [1.82, 2.24) is 4.74 Å². The van der Waals surface area contributed by atoms with Gasteiger partial charge in [0.25, 0.3) is 0 Å². The topological polar surface area (TPSA) is 58.9 Å². The average molecular weight is 202 g/mol. The summed E-state index contributed by atoms with van der Waals surface area (Å²) < 4.78 is 6.63. The number of rotatable bonds is 1. The maximum absolute atomic E-state index is 11.5. The predicted octanol–water partition coefficient (Wildman–Crippen LogP) is 2.05. The molecule has 15 heavy (non-hydrogen) atoms. The summed E-state index contributed by atoms with van der Waals surface area (Å²) in [6.07, 6.45) is 0. The van der Waals surface area contributed by atoms with Crippen molar-refractivity contribution in [3.05, 3.63) is 34.2 Å². The number of hydrogen-bond acceptors (Lipinski definition) is 3. The summed E-state index contributed by atoms with van der Waals surface area (Å²) in [5.74, 6) is 0. The molecule has 0 unspecified atom stereocenters. The van der Waals surface area contributed by atoms with Crippen molar-refractivity contribution in [1.29, 1.82) is 5.26 Å². The summed E-state index contributed by atoms with van der Waals surface area (Å²) in [5, 5.41) is 9.18. The lowest BCUT2D eigenvalue weighted by Crippen LogP contribution is -1.99. The van der Waals surface area contributed by atoms with Crippen LogP contribution in [-0.4, -0.2) is 4.74 Å². The number of benzene rings is 1. The van der Waals surface area contributed by atoms with Crippen LogP contribution in [-0.2, 0) is 0 Å². The van der Waals surface area contributed by atoms with Crippen molar-refractivity contribution in [2.75, 3.05) is 0 Å². The first kappa shape index (κ1) is 9.53. The fraction of sp³-hybridized carbons (Fsp3) is 0.273. The van der Waals surface area contributed by atoms with Crippen LogP contribution < -0.4 is 5.63 Å². The van der Waals surface area contributed by atoms with Gasteiger partial charge >= 0.3 is 5.63 Å². The minimum Gasteiger partial charge on any atom is -0.335 e. The lowest BCUT2D eigenvalue weighted by molar-refractivity contribution is 0.234. The maximum atomic E-state index is 11.5. The third-order valence-electron chi connectivity index (χ3n) is 2.23. The molecule has 0 atom stereocenters. The molecule has 0 radical (unpaired) electrons. The zero-order valence-electron chi connectivity index (χ0n) is 8.52. The van der Waals surface area contributed by atoms with Gasteiger partial charge in [-0.3, -0.25) is 0 Å². The zero-order chi connectivity index (χ0) is 11.0. The Morgan fingerprint density at radius 3 is 2.80 bits per heavy atom. The molecular formula is C11H10N2O2. The van der Waals surface area contributed by atoms with Crippen molar-refractivity contribution in [3.8, 4) is 6.07 Å². The van der Waals surface area contributed by atoms with Crippen LogP contribution in [0.15, 0.2) is 27.5 Å². The summed E-state index contributed by atoms with van der Waals surface area (Å²) in [6, 6.07) is 7.05. The Balaban J connectivity index is 2.82. The normalized spacial score (nSPS) is 10.8. The monoisotopic (exact) mass is 202 g/mol. The molecule has 76 valence electrons. The quantitative estimate of drug-likeness (QED) is 0.711. The smallest absolute Gasteiger partial charge is 0.335 e. The molecule has 0 aliphatic heterocycles. The van der Waals surface area contributed by atoms with Gasteiger partial charge in [0.1, 0.15) is 0 Å². The number of fused-ring (bicyclic) bond motifs is 1. The molecule has 1 aromatic heterocycles. The van der Waals surface area contributed by atoms with Crippen LogP contribution in [0.1, 0.15) is 25.5 Å². The molecule has 0 saturated carbocycles. The van der Waals surface area contributed by atoms with E-state index in [2.05, 4.69) is 0 Å². The van der Waals surface area contributed by atoms with E-state index in [1.54, 1.807) is 22.9 Å². The largest absolute Gasteiger partial charge is 0.365 e. The zero-order valence-corrected chi connectivity index (χ0v) is 8.52. The van der Waals surface area contributed by atoms with E-state index in [4.69, 9.17) is 9.78 Å². The van der Waals surface area contributed by atoms with Gasteiger partial charge < -0.3 is 4.52 Å². The fourth-order valence-electron chi connectivity index (χ4n) is 1.53. The Morgan fingerprint density at radius 1 is 1.47 bits per heavy atom. The molecule has 0 N–H and O–H groups in total. The molecule has 0 amide bonds. The van der Waals surface area contributed by atoms with Gasteiger partial charge in [-0.25, -0.2) is 9.53 Å². The molecule has 0 saturated heterocycles. The number of nitrogens with zero attached hydrogens (tertiary/aromatic N) is 2. The van der Waals surface area contributed by atoms with Gasteiger partial charge in [0, 0.05) is 0 Å². The van der Waals surface area contributed by atoms with Gasteiger partial charge in [0.2, 0.25) is 0 Å². The highest BCUT2D eigenvalue weighted by atomic mass is 16.5. The Bertz CT molecular complexity index is 599. The second kappa shape index (κ2) is 3.28. The Morgan fingerprint density at radius 2 is 2.20 bits per heavy atom. The van der Waals surface area contributed by atoms with Gasteiger partial charge in [-0.05, 0) is 32.0 Å². The first-order chi connectivity index (χ1) is 7.13. The van der Waals surface area contributed by atoms with Gasteiger partial charge in [0.15, 0.2) is 0 Å². The summed E-state index contributed by atoms with van der Waals surface area (Å²) in [5.41, 5.74) is 0.807. The lowest BCUT2D eigenvalue weighted by Gasteiger charge is -2.04. The highest BCUT2D eigenvalue weighted by molar-refractivity contribution is 5.79. The summed E-state index contributed by atoms with van der Waals surface area (Å²) in [7, 11) is 0. The molecule has 0 bridgehead atoms. The van der Waals surface area contributed by atoms with Gasteiger partial charge in [0.05, 0.1) is 28.6 Å². The summed E-state index contributed by atoms with van der Waals surface area (Å²) >= 11 is 0. The number of aromatic nitrogens is 1. The molecule has 1 heterocycles. The van der Waals surface area contributed by atoms with E-state index in [0.29, 0.717) is 10.9 Å². The number of nitriles is 1. The SMILES string of the molecule is CC(C)n1oc(=O)c2cc(C#N)ccc21. The highest BCUT2D eigenvalue weighted by Crippen LogP contribution is 2.17. The van der Waals surface area contributed by atoms with E-state index in [1.165, 1.54) is 0 Å². The fourth-order valence-corrected chi connectivity index (χ4v) is 1.53.